The molecule has 2 rings (SSSR count). The maximum atomic E-state index is 8.60. The average molecular weight is 294 g/mol. The molecule has 2 unspecified atom stereocenters. The molecular weight excluding hydrogens is 274 g/mol. The number of rotatable bonds is 0. The van der Waals surface area contributed by atoms with E-state index >= 15 is 0 Å². The van der Waals surface area contributed by atoms with Crippen LogP contribution in [-0.2, 0) is 4.74 Å². The van der Waals surface area contributed by atoms with Gasteiger partial charge in [0.2, 0.25) is 0 Å². The Hall–Kier alpha value is -0.660. The molecule has 1 heterocycles. The van der Waals surface area contributed by atoms with Crippen molar-refractivity contribution in [3.05, 3.63) is 11.1 Å². The zero-order valence-corrected chi connectivity index (χ0v) is 12.6. The highest BCUT2D eigenvalue weighted by Gasteiger charge is 2.58. The van der Waals surface area contributed by atoms with Gasteiger partial charge in [0.05, 0.1) is 33.0 Å². The second-order valence-corrected chi connectivity index (χ2v) is 6.33. The summed E-state index contributed by atoms with van der Waals surface area (Å²) in [6.07, 6.45) is 2.18. The minimum atomic E-state index is -4.69. The van der Waals surface area contributed by atoms with Crippen molar-refractivity contribution in [3.63, 3.8) is 0 Å². The third-order valence-electron chi connectivity index (χ3n) is 4.16. The molecule has 0 aromatic carbocycles. The van der Waals surface area contributed by atoms with Gasteiger partial charge in [-0.1, -0.05) is 11.1 Å². The fraction of sp³-hybridized carbons (Fsp3) is 0.750. The summed E-state index contributed by atoms with van der Waals surface area (Å²) in [4.78, 5) is 4.61. The molecule has 1 N–H and O–H groups in total. The normalized spacial score (nSPS) is 33.6. The van der Waals surface area contributed by atoms with Crippen molar-refractivity contribution in [2.75, 3.05) is 7.11 Å². The topological polar surface area (TPSA) is 111 Å². The number of hydrogen-bond acceptors (Lipinski definition) is 6. The fourth-order valence-electron chi connectivity index (χ4n) is 2.77. The molecule has 1 aliphatic carbocycles. The van der Waals surface area contributed by atoms with Gasteiger partial charge >= 0.3 is 0 Å². The number of methoxy groups -OCH3 is 1. The standard InChI is InChI=1S/C12H19NO.ClHO4/c1-8-6-11(3)10(14-5)13-12(11,4)7-9(8)2;2-1(3,4)5/h6-7H2,1-5H3;(H,2,3,4,5). The molecule has 0 aromatic rings. The van der Waals surface area contributed by atoms with E-state index in [2.05, 4.69) is 32.7 Å². The molecule has 19 heavy (non-hydrogen) atoms. The van der Waals surface area contributed by atoms with Gasteiger partial charge < -0.3 is 4.74 Å². The van der Waals surface area contributed by atoms with Crippen LogP contribution in [0.5, 0.6) is 0 Å². The van der Waals surface area contributed by atoms with Gasteiger partial charge in [-0.2, -0.15) is 14.0 Å². The van der Waals surface area contributed by atoms with E-state index < -0.39 is 10.2 Å². The monoisotopic (exact) mass is 293 g/mol. The maximum absolute atomic E-state index is 8.60. The van der Waals surface area contributed by atoms with Crippen molar-refractivity contribution >= 4 is 5.90 Å². The predicted octanol–water partition coefficient (Wildman–Crippen LogP) is -1.18. The van der Waals surface area contributed by atoms with Crippen molar-refractivity contribution < 1.29 is 33.6 Å². The number of allylic oxidation sites excluding steroid dienone is 1. The van der Waals surface area contributed by atoms with Gasteiger partial charge in [-0.3, -0.25) is 0 Å². The molecular formula is C12H20ClNO5. The molecule has 0 radical (unpaired) electrons. The van der Waals surface area contributed by atoms with Crippen LogP contribution in [0.25, 0.3) is 0 Å². The molecule has 110 valence electrons. The van der Waals surface area contributed by atoms with Gasteiger partial charge in [0.1, 0.15) is 0 Å². The molecule has 0 fully saturated rings. The molecule has 0 aromatic heterocycles. The Labute approximate surface area is 115 Å². The zero-order chi connectivity index (χ0) is 15.1. The summed E-state index contributed by atoms with van der Waals surface area (Å²) in [6, 6.07) is 0. The minimum Gasteiger partial charge on any atom is -0.484 e. The van der Waals surface area contributed by atoms with Gasteiger partial charge in [-0.25, -0.2) is 4.99 Å². The smallest absolute Gasteiger partial charge is 0.192 e. The van der Waals surface area contributed by atoms with Crippen molar-refractivity contribution in [1.82, 2.24) is 0 Å². The largest absolute Gasteiger partial charge is 0.484 e. The second kappa shape index (κ2) is 5.03. The molecule has 6 nitrogen and oxygen atoms in total. The summed E-state index contributed by atoms with van der Waals surface area (Å²) in [5.74, 6) is 0.937. The summed E-state index contributed by atoms with van der Waals surface area (Å²) >= 11 is 0. The van der Waals surface area contributed by atoms with E-state index in [1.165, 1.54) is 11.1 Å². The quantitative estimate of drug-likeness (QED) is 0.565. The van der Waals surface area contributed by atoms with Crippen LogP contribution >= 0.6 is 0 Å². The van der Waals surface area contributed by atoms with E-state index in [0.717, 1.165) is 18.7 Å². The summed E-state index contributed by atoms with van der Waals surface area (Å²) in [5, 5.41) is 0. The lowest BCUT2D eigenvalue weighted by Crippen LogP contribution is -2.59. The molecule has 0 amide bonds. The molecule has 2 aliphatic rings. The molecule has 2 atom stereocenters. The summed E-state index contributed by atoms with van der Waals surface area (Å²) in [6.45, 7) is 8.96. The summed E-state index contributed by atoms with van der Waals surface area (Å²) in [7, 11) is -2.97. The third-order valence-corrected chi connectivity index (χ3v) is 4.16. The van der Waals surface area contributed by atoms with E-state index in [1.807, 2.05) is 0 Å². The molecule has 0 saturated heterocycles. The number of nitrogens with zero attached hydrogens (tertiary/aromatic N) is 1. The number of aliphatic imine (C=N–C) groups is 1. The van der Waals surface area contributed by atoms with Crippen LogP contribution in [0.3, 0.4) is 0 Å². The van der Waals surface area contributed by atoms with Crippen molar-refractivity contribution in [2.45, 2.75) is 46.1 Å². The first-order valence-electron chi connectivity index (χ1n) is 5.86. The van der Waals surface area contributed by atoms with Crippen molar-refractivity contribution in [2.24, 2.45) is 10.4 Å². The Morgan fingerprint density at radius 1 is 1.16 bits per heavy atom. The van der Waals surface area contributed by atoms with E-state index in [4.69, 9.17) is 23.4 Å². The highest BCUT2D eigenvalue weighted by molar-refractivity contribution is 5.90. The van der Waals surface area contributed by atoms with Gasteiger partial charge in [-0.15, -0.1) is 0 Å². The average Bonchev–Trinajstić information content (AvgIpc) is 2.21. The van der Waals surface area contributed by atoms with Crippen LogP contribution in [0.4, 0.5) is 0 Å². The SMILES string of the molecule is COC1=NC2(C)CC(C)=C(C)CC12C.[O-][Cl+3]([O-])([O-])O. The highest BCUT2D eigenvalue weighted by Crippen LogP contribution is 2.55. The van der Waals surface area contributed by atoms with E-state index in [1.54, 1.807) is 7.11 Å². The Morgan fingerprint density at radius 3 is 2.00 bits per heavy atom. The first-order valence-corrected chi connectivity index (χ1v) is 7.12. The van der Waals surface area contributed by atoms with Crippen LogP contribution in [0.1, 0.15) is 40.5 Å². The lowest BCUT2D eigenvalue weighted by molar-refractivity contribution is -1.92. The van der Waals surface area contributed by atoms with Crippen LogP contribution in [0.15, 0.2) is 16.1 Å². The van der Waals surface area contributed by atoms with Gasteiger partial charge in [0.25, 0.3) is 0 Å². The molecule has 1 aliphatic heterocycles. The maximum Gasteiger partial charge on any atom is 0.192 e. The number of ether oxygens (including phenoxy) is 1. The van der Waals surface area contributed by atoms with Crippen LogP contribution in [-0.4, -0.2) is 23.2 Å². The first-order chi connectivity index (χ1) is 8.43. The number of hydrogen-bond donors (Lipinski definition) is 1. The highest BCUT2D eigenvalue weighted by atomic mass is 35.7. The second-order valence-electron chi connectivity index (χ2n) is 5.54. The zero-order valence-electron chi connectivity index (χ0n) is 11.8. The van der Waals surface area contributed by atoms with Crippen LogP contribution < -0.4 is 14.0 Å². The van der Waals surface area contributed by atoms with E-state index in [-0.39, 0.29) is 11.0 Å². The minimum absolute atomic E-state index is 0.0853. The third kappa shape index (κ3) is 3.27. The summed E-state index contributed by atoms with van der Waals surface area (Å²) < 4.78 is 38.1. The van der Waals surface area contributed by atoms with E-state index in [9.17, 15) is 0 Å². The Kier molecular flexibility index (Phi) is 4.34. The van der Waals surface area contributed by atoms with Crippen LogP contribution in [0, 0.1) is 15.7 Å². The molecule has 0 spiro atoms. The van der Waals surface area contributed by atoms with Gasteiger partial charge in [0, 0.05) is 0 Å². The molecule has 7 heteroatoms. The van der Waals surface area contributed by atoms with Gasteiger partial charge in [0.15, 0.2) is 5.90 Å². The lowest BCUT2D eigenvalue weighted by atomic mass is 9.58. The Balaban J connectivity index is 0.000000312. The fourth-order valence-corrected chi connectivity index (χ4v) is 2.77. The number of fused-ring (bicyclic) bond motifs is 1. The number of halogens is 1. The van der Waals surface area contributed by atoms with E-state index in [0.29, 0.717) is 0 Å². The lowest BCUT2D eigenvalue weighted by Gasteiger charge is -2.54. The van der Waals surface area contributed by atoms with Crippen molar-refractivity contribution in [1.29, 1.82) is 0 Å². The summed E-state index contributed by atoms with van der Waals surface area (Å²) in [5.41, 5.74) is 3.24. The van der Waals surface area contributed by atoms with Crippen molar-refractivity contribution in [3.8, 4) is 0 Å². The first kappa shape index (κ1) is 16.4. The van der Waals surface area contributed by atoms with Gasteiger partial charge in [-0.05, 0) is 40.5 Å². The van der Waals surface area contributed by atoms with Crippen LogP contribution in [0.2, 0.25) is 0 Å². The molecule has 0 bridgehead atoms. The molecule has 0 saturated carbocycles. The Bertz CT molecular complexity index is 422. The Morgan fingerprint density at radius 2 is 1.58 bits per heavy atom. The predicted molar refractivity (Wildman–Crippen MR) is 60.8 cm³/mol.